The van der Waals surface area contributed by atoms with Gasteiger partial charge >= 0.3 is 29.6 Å². The maximum absolute atomic E-state index is 11.8. The summed E-state index contributed by atoms with van der Waals surface area (Å²) < 4.78 is 38.9. The first-order valence-corrected chi connectivity index (χ1v) is 10.7. The number of nitrogens with zero attached hydrogens (tertiary/aromatic N) is 3. The molecule has 0 spiro atoms. The van der Waals surface area contributed by atoms with Crippen molar-refractivity contribution in [2.24, 2.45) is 10.2 Å². The SMILES string of the molecule is Nc1c(/N=N/c2ccc(OCc3ccccn3)cc2)cc(S(=O)(=O)O)c2ccccc12.[NaH]. The molecule has 10 heteroatoms. The Hall–Kier alpha value is -2.82. The summed E-state index contributed by atoms with van der Waals surface area (Å²) in [4.78, 5) is 3.92. The number of rotatable bonds is 6. The fraction of sp³-hybridized carbons (Fsp3) is 0.0455. The third kappa shape index (κ3) is 5.50. The van der Waals surface area contributed by atoms with E-state index >= 15 is 0 Å². The number of benzene rings is 3. The topological polar surface area (TPSA) is 127 Å². The summed E-state index contributed by atoms with van der Waals surface area (Å²) in [6, 6.07) is 20.3. The quantitative estimate of drug-likeness (QED) is 0.191. The van der Waals surface area contributed by atoms with Gasteiger partial charge in [-0.1, -0.05) is 30.3 Å². The molecule has 0 unspecified atom stereocenters. The number of pyridine rings is 1. The summed E-state index contributed by atoms with van der Waals surface area (Å²) in [5.41, 5.74) is 7.90. The maximum atomic E-state index is 11.8. The van der Waals surface area contributed by atoms with Gasteiger partial charge in [0.05, 0.1) is 17.1 Å². The first-order valence-electron chi connectivity index (χ1n) is 9.25. The molecule has 0 bridgehead atoms. The van der Waals surface area contributed by atoms with Crippen LogP contribution in [0.3, 0.4) is 0 Å². The van der Waals surface area contributed by atoms with E-state index in [-0.39, 0.29) is 45.8 Å². The van der Waals surface area contributed by atoms with E-state index < -0.39 is 10.1 Å². The predicted molar refractivity (Wildman–Crippen MR) is 125 cm³/mol. The van der Waals surface area contributed by atoms with Crippen LogP contribution < -0.4 is 10.5 Å². The van der Waals surface area contributed by atoms with Gasteiger partial charge in [0.1, 0.15) is 22.9 Å². The molecule has 3 aromatic carbocycles. The van der Waals surface area contributed by atoms with E-state index in [0.717, 1.165) is 5.69 Å². The normalized spacial score (nSPS) is 11.4. The van der Waals surface area contributed by atoms with E-state index in [1.165, 1.54) is 6.07 Å². The first-order chi connectivity index (χ1) is 14.9. The van der Waals surface area contributed by atoms with Crippen LogP contribution in [0.15, 0.2) is 94.1 Å². The van der Waals surface area contributed by atoms with Crippen LogP contribution in [0.5, 0.6) is 5.75 Å². The summed E-state index contributed by atoms with van der Waals surface area (Å²) in [6.07, 6.45) is 1.70. The second kappa shape index (κ2) is 10.2. The van der Waals surface area contributed by atoms with Gasteiger partial charge in [-0.15, -0.1) is 5.11 Å². The zero-order valence-electron chi connectivity index (χ0n) is 16.2. The molecule has 0 radical (unpaired) electrons. The molecule has 1 heterocycles. The molecule has 32 heavy (non-hydrogen) atoms. The average Bonchev–Trinajstić information content (AvgIpc) is 2.78. The molecule has 0 saturated carbocycles. The van der Waals surface area contributed by atoms with Gasteiger partial charge in [-0.3, -0.25) is 9.54 Å². The van der Waals surface area contributed by atoms with Gasteiger partial charge in [0, 0.05) is 17.0 Å². The second-order valence-electron chi connectivity index (χ2n) is 6.63. The third-order valence-electron chi connectivity index (χ3n) is 4.53. The van der Waals surface area contributed by atoms with Crippen LogP contribution >= 0.6 is 0 Å². The summed E-state index contributed by atoms with van der Waals surface area (Å²) in [5.74, 6) is 0.642. The van der Waals surface area contributed by atoms with Crippen molar-refractivity contribution in [1.82, 2.24) is 4.98 Å². The zero-order chi connectivity index (χ0) is 21.8. The van der Waals surface area contributed by atoms with Crippen molar-refractivity contribution >= 4 is 67.5 Å². The molecular formula is C22H19N4NaO4S. The van der Waals surface area contributed by atoms with Gasteiger partial charge in [0.15, 0.2) is 0 Å². The van der Waals surface area contributed by atoms with Crippen LogP contribution in [0.2, 0.25) is 0 Å². The van der Waals surface area contributed by atoms with Gasteiger partial charge in [-0.05, 0) is 42.5 Å². The average molecular weight is 458 g/mol. The van der Waals surface area contributed by atoms with Gasteiger partial charge in [0.25, 0.3) is 10.1 Å². The van der Waals surface area contributed by atoms with E-state index in [1.54, 1.807) is 54.7 Å². The van der Waals surface area contributed by atoms with E-state index in [1.807, 2.05) is 18.2 Å². The standard InChI is InChI=1S/C22H18N4O4S.Na.H/c23-22-19-7-2-1-6-18(19)21(31(27,28)29)13-20(22)26-25-15-8-10-17(11-9-15)30-14-16-5-3-4-12-24-16;;/h1-13H,14,23H2,(H,27,28,29);;/b26-25+;;. The molecule has 8 nitrogen and oxygen atoms in total. The Balaban J connectivity index is 0.00000289. The first kappa shape index (κ1) is 23.8. The third-order valence-corrected chi connectivity index (χ3v) is 5.42. The van der Waals surface area contributed by atoms with E-state index in [9.17, 15) is 13.0 Å². The van der Waals surface area contributed by atoms with Crippen molar-refractivity contribution in [3.63, 3.8) is 0 Å². The Kier molecular flexibility index (Phi) is 7.60. The molecule has 4 aromatic rings. The van der Waals surface area contributed by atoms with Crippen LogP contribution in [0.25, 0.3) is 10.8 Å². The molecule has 0 amide bonds. The monoisotopic (exact) mass is 458 g/mol. The Bertz CT molecular complexity index is 1360. The zero-order valence-corrected chi connectivity index (χ0v) is 17.0. The summed E-state index contributed by atoms with van der Waals surface area (Å²) in [5, 5.41) is 9.00. The molecule has 0 saturated heterocycles. The minimum absolute atomic E-state index is 0. The number of azo groups is 1. The number of hydrogen-bond donors (Lipinski definition) is 2. The Morgan fingerprint density at radius 2 is 1.62 bits per heavy atom. The molecule has 0 aliphatic heterocycles. The number of fused-ring (bicyclic) bond motifs is 1. The number of ether oxygens (including phenoxy) is 1. The summed E-state index contributed by atoms with van der Waals surface area (Å²) in [7, 11) is -4.47. The fourth-order valence-corrected chi connectivity index (χ4v) is 3.72. The Morgan fingerprint density at radius 1 is 0.938 bits per heavy atom. The predicted octanol–water partition coefficient (Wildman–Crippen LogP) is 4.41. The van der Waals surface area contributed by atoms with E-state index in [0.29, 0.717) is 28.8 Å². The molecule has 158 valence electrons. The molecule has 1 aromatic heterocycles. The van der Waals surface area contributed by atoms with Crippen LogP contribution in [0, 0.1) is 0 Å². The second-order valence-corrected chi connectivity index (χ2v) is 8.02. The number of anilines is 1. The molecule has 0 fully saturated rings. The number of nitrogens with two attached hydrogens (primary N) is 1. The van der Waals surface area contributed by atoms with Gasteiger partial charge in [-0.25, -0.2) is 0 Å². The number of hydrogen-bond acceptors (Lipinski definition) is 7. The van der Waals surface area contributed by atoms with Crippen molar-refractivity contribution in [2.45, 2.75) is 11.5 Å². The molecular weight excluding hydrogens is 439 g/mol. The Morgan fingerprint density at radius 3 is 2.28 bits per heavy atom. The minimum atomic E-state index is -4.47. The van der Waals surface area contributed by atoms with Crippen molar-refractivity contribution in [1.29, 1.82) is 0 Å². The van der Waals surface area contributed by atoms with Gasteiger partial charge < -0.3 is 10.5 Å². The fourth-order valence-electron chi connectivity index (χ4n) is 3.01. The van der Waals surface area contributed by atoms with Crippen LogP contribution in [0.4, 0.5) is 17.1 Å². The summed E-state index contributed by atoms with van der Waals surface area (Å²) in [6.45, 7) is 0.341. The molecule has 0 atom stereocenters. The number of nitrogen functional groups attached to an aromatic ring is 1. The van der Waals surface area contributed by atoms with Gasteiger partial charge in [0.2, 0.25) is 0 Å². The van der Waals surface area contributed by atoms with E-state index in [4.69, 9.17) is 10.5 Å². The Labute approximate surface area is 207 Å². The molecule has 0 aliphatic carbocycles. The van der Waals surface area contributed by atoms with Crippen molar-refractivity contribution < 1.29 is 17.7 Å². The van der Waals surface area contributed by atoms with Crippen LogP contribution in [-0.4, -0.2) is 47.5 Å². The van der Waals surface area contributed by atoms with E-state index in [2.05, 4.69) is 15.2 Å². The van der Waals surface area contributed by atoms with Crippen LogP contribution in [0.1, 0.15) is 5.69 Å². The van der Waals surface area contributed by atoms with Gasteiger partial charge in [-0.2, -0.15) is 13.5 Å². The molecule has 3 N–H and O–H groups in total. The van der Waals surface area contributed by atoms with Crippen molar-refractivity contribution in [2.75, 3.05) is 5.73 Å². The van der Waals surface area contributed by atoms with Crippen molar-refractivity contribution in [3.8, 4) is 5.75 Å². The molecule has 4 rings (SSSR count). The van der Waals surface area contributed by atoms with Crippen molar-refractivity contribution in [3.05, 3.63) is 84.7 Å². The summed E-state index contributed by atoms with van der Waals surface area (Å²) >= 11 is 0. The van der Waals surface area contributed by atoms with Crippen LogP contribution in [-0.2, 0) is 16.7 Å². The number of aromatic nitrogens is 1. The molecule has 0 aliphatic rings.